The fraction of sp³-hybridized carbons (Fsp3) is 0.286. The van der Waals surface area contributed by atoms with E-state index in [-0.39, 0.29) is 11.9 Å². The fourth-order valence-corrected chi connectivity index (χ4v) is 2.46. The number of carbonyl (C=O) groups excluding carboxylic acids is 1. The number of rotatable bonds is 2. The summed E-state index contributed by atoms with van der Waals surface area (Å²) in [6.07, 6.45) is 2.55. The molecule has 1 atom stereocenters. The molecule has 0 spiro atoms. The van der Waals surface area contributed by atoms with Crippen molar-refractivity contribution in [2.45, 2.75) is 12.5 Å². The van der Waals surface area contributed by atoms with Gasteiger partial charge < -0.3 is 16.0 Å². The zero-order valence-electron chi connectivity index (χ0n) is 10.8. The van der Waals surface area contributed by atoms with E-state index >= 15 is 0 Å². The number of likely N-dealkylation sites (N-methyl/N-ethyl adjacent to an activating group) is 1. The molecule has 1 fully saturated rings. The number of amides is 1. The fourth-order valence-electron chi connectivity index (χ4n) is 2.46. The zero-order chi connectivity index (χ0) is 13.4. The molecule has 5 heteroatoms. The SMILES string of the molecule is CN1CCC(Nc2ccc(N)c3cccnc23)C1=O. The van der Waals surface area contributed by atoms with Crippen LogP contribution in [0.1, 0.15) is 6.42 Å². The third-order valence-electron chi connectivity index (χ3n) is 3.56. The quantitative estimate of drug-likeness (QED) is 0.798. The first-order valence-corrected chi connectivity index (χ1v) is 6.31. The molecule has 1 aromatic carbocycles. The maximum atomic E-state index is 11.9. The molecule has 3 N–H and O–H groups in total. The van der Waals surface area contributed by atoms with E-state index in [1.165, 1.54) is 0 Å². The van der Waals surface area contributed by atoms with Crippen LogP contribution in [0.2, 0.25) is 0 Å². The van der Waals surface area contributed by atoms with Gasteiger partial charge in [0.15, 0.2) is 0 Å². The Morgan fingerprint density at radius 3 is 3.00 bits per heavy atom. The summed E-state index contributed by atoms with van der Waals surface area (Å²) in [4.78, 5) is 18.0. The summed E-state index contributed by atoms with van der Waals surface area (Å²) in [6.45, 7) is 0.789. The van der Waals surface area contributed by atoms with Crippen molar-refractivity contribution < 1.29 is 4.79 Å². The first kappa shape index (κ1) is 11.8. The number of aromatic nitrogens is 1. The first-order valence-electron chi connectivity index (χ1n) is 6.31. The van der Waals surface area contributed by atoms with Crippen molar-refractivity contribution >= 4 is 28.2 Å². The largest absolute Gasteiger partial charge is 0.398 e. The molecular formula is C14H16N4O. The Balaban J connectivity index is 1.98. The number of nitrogens with two attached hydrogens (primary N) is 1. The van der Waals surface area contributed by atoms with E-state index in [1.54, 1.807) is 11.1 Å². The van der Waals surface area contributed by atoms with Crippen LogP contribution < -0.4 is 11.1 Å². The van der Waals surface area contributed by atoms with E-state index < -0.39 is 0 Å². The number of anilines is 2. The molecule has 1 saturated heterocycles. The van der Waals surface area contributed by atoms with Crippen molar-refractivity contribution in [3.05, 3.63) is 30.5 Å². The smallest absolute Gasteiger partial charge is 0.244 e. The second-order valence-corrected chi connectivity index (χ2v) is 4.85. The molecule has 3 rings (SSSR count). The lowest BCUT2D eigenvalue weighted by Crippen LogP contribution is -2.31. The molecule has 98 valence electrons. The molecule has 0 bridgehead atoms. The molecule has 0 radical (unpaired) electrons. The standard InChI is InChI=1S/C14H16N4O/c1-18-8-6-12(14(18)19)17-11-5-4-10(15)9-3-2-7-16-13(9)11/h2-5,7,12,17H,6,8,15H2,1H3. The minimum atomic E-state index is -0.168. The summed E-state index contributed by atoms with van der Waals surface area (Å²) in [6, 6.07) is 7.35. The van der Waals surface area contributed by atoms with Gasteiger partial charge in [-0.1, -0.05) is 0 Å². The second-order valence-electron chi connectivity index (χ2n) is 4.85. The number of nitrogens with zero attached hydrogens (tertiary/aromatic N) is 2. The van der Waals surface area contributed by atoms with Crippen LogP contribution in [0.4, 0.5) is 11.4 Å². The number of benzene rings is 1. The van der Waals surface area contributed by atoms with Gasteiger partial charge in [-0.15, -0.1) is 0 Å². The molecule has 1 aliphatic heterocycles. The number of carbonyl (C=O) groups is 1. The number of hydrogen-bond donors (Lipinski definition) is 2. The van der Waals surface area contributed by atoms with Crippen molar-refractivity contribution in [3.63, 3.8) is 0 Å². The van der Waals surface area contributed by atoms with Crippen LogP contribution in [0.3, 0.4) is 0 Å². The number of hydrogen-bond acceptors (Lipinski definition) is 4. The van der Waals surface area contributed by atoms with Crippen molar-refractivity contribution in [1.82, 2.24) is 9.88 Å². The van der Waals surface area contributed by atoms with E-state index in [0.717, 1.165) is 29.6 Å². The highest BCUT2D eigenvalue weighted by Gasteiger charge is 2.29. The van der Waals surface area contributed by atoms with Crippen LogP contribution in [0.15, 0.2) is 30.5 Å². The Hall–Kier alpha value is -2.30. The monoisotopic (exact) mass is 256 g/mol. The minimum absolute atomic E-state index is 0.126. The third-order valence-corrected chi connectivity index (χ3v) is 3.56. The Morgan fingerprint density at radius 1 is 1.42 bits per heavy atom. The molecule has 1 aromatic heterocycles. The number of pyridine rings is 1. The van der Waals surface area contributed by atoms with E-state index in [1.807, 2.05) is 31.3 Å². The summed E-state index contributed by atoms with van der Waals surface area (Å²) in [5.74, 6) is 0.126. The number of likely N-dealkylation sites (tertiary alicyclic amines) is 1. The van der Waals surface area contributed by atoms with Gasteiger partial charge in [-0.3, -0.25) is 9.78 Å². The van der Waals surface area contributed by atoms with E-state index in [2.05, 4.69) is 10.3 Å². The lowest BCUT2D eigenvalue weighted by atomic mass is 10.1. The van der Waals surface area contributed by atoms with E-state index in [9.17, 15) is 4.79 Å². The predicted octanol–water partition coefficient (Wildman–Crippen LogP) is 1.46. The highest BCUT2D eigenvalue weighted by molar-refractivity contribution is 5.99. The van der Waals surface area contributed by atoms with Gasteiger partial charge in [0.05, 0.1) is 11.2 Å². The molecule has 1 amide bonds. The Morgan fingerprint density at radius 2 is 2.26 bits per heavy atom. The molecular weight excluding hydrogens is 240 g/mol. The average molecular weight is 256 g/mol. The van der Waals surface area contributed by atoms with Crippen LogP contribution in [0.25, 0.3) is 10.9 Å². The van der Waals surface area contributed by atoms with Crippen LogP contribution >= 0.6 is 0 Å². The van der Waals surface area contributed by atoms with Crippen LogP contribution in [-0.2, 0) is 4.79 Å². The highest BCUT2D eigenvalue weighted by Crippen LogP contribution is 2.27. The zero-order valence-corrected chi connectivity index (χ0v) is 10.8. The maximum absolute atomic E-state index is 11.9. The molecule has 19 heavy (non-hydrogen) atoms. The average Bonchev–Trinajstić information content (AvgIpc) is 2.74. The maximum Gasteiger partial charge on any atom is 0.244 e. The molecule has 2 heterocycles. The predicted molar refractivity (Wildman–Crippen MR) is 75.8 cm³/mol. The Labute approximate surface area is 111 Å². The lowest BCUT2D eigenvalue weighted by Gasteiger charge is -2.15. The highest BCUT2D eigenvalue weighted by atomic mass is 16.2. The van der Waals surface area contributed by atoms with Crippen LogP contribution in [-0.4, -0.2) is 35.4 Å². The van der Waals surface area contributed by atoms with Gasteiger partial charge in [0.25, 0.3) is 0 Å². The topological polar surface area (TPSA) is 71.2 Å². The Kier molecular flexibility index (Phi) is 2.74. The van der Waals surface area contributed by atoms with Gasteiger partial charge in [0.1, 0.15) is 6.04 Å². The van der Waals surface area contributed by atoms with Crippen molar-refractivity contribution in [1.29, 1.82) is 0 Å². The van der Waals surface area contributed by atoms with Gasteiger partial charge in [0.2, 0.25) is 5.91 Å². The second kappa shape index (κ2) is 4.42. The van der Waals surface area contributed by atoms with Gasteiger partial charge in [0, 0.05) is 30.9 Å². The van der Waals surface area contributed by atoms with E-state index in [0.29, 0.717) is 5.69 Å². The van der Waals surface area contributed by atoms with Gasteiger partial charge >= 0.3 is 0 Å². The molecule has 0 aliphatic carbocycles. The van der Waals surface area contributed by atoms with E-state index in [4.69, 9.17) is 5.73 Å². The molecule has 2 aromatic rings. The summed E-state index contributed by atoms with van der Waals surface area (Å²) >= 11 is 0. The van der Waals surface area contributed by atoms with Crippen LogP contribution in [0.5, 0.6) is 0 Å². The van der Waals surface area contributed by atoms with Crippen LogP contribution in [0, 0.1) is 0 Å². The van der Waals surface area contributed by atoms with Crippen molar-refractivity contribution in [2.75, 3.05) is 24.6 Å². The number of nitrogen functional groups attached to an aromatic ring is 1. The molecule has 1 aliphatic rings. The number of fused-ring (bicyclic) bond motifs is 1. The number of nitrogens with one attached hydrogen (secondary N) is 1. The summed E-state index contributed by atoms with van der Waals surface area (Å²) in [5.41, 5.74) is 8.31. The summed E-state index contributed by atoms with van der Waals surface area (Å²) in [7, 11) is 1.82. The summed E-state index contributed by atoms with van der Waals surface area (Å²) < 4.78 is 0. The first-order chi connectivity index (χ1) is 9.16. The lowest BCUT2D eigenvalue weighted by molar-refractivity contribution is -0.127. The molecule has 0 saturated carbocycles. The van der Waals surface area contributed by atoms with Gasteiger partial charge in [-0.2, -0.15) is 0 Å². The van der Waals surface area contributed by atoms with Gasteiger partial charge in [-0.05, 0) is 30.7 Å². The Bertz CT molecular complexity index is 640. The third kappa shape index (κ3) is 1.97. The molecule has 1 unspecified atom stereocenters. The molecule has 5 nitrogen and oxygen atoms in total. The normalized spacial score (nSPS) is 19.1. The van der Waals surface area contributed by atoms with Crippen molar-refractivity contribution in [2.24, 2.45) is 0 Å². The minimum Gasteiger partial charge on any atom is -0.398 e. The summed E-state index contributed by atoms with van der Waals surface area (Å²) in [5, 5.41) is 4.19. The van der Waals surface area contributed by atoms with Gasteiger partial charge in [-0.25, -0.2) is 0 Å². The van der Waals surface area contributed by atoms with Crippen molar-refractivity contribution in [3.8, 4) is 0 Å².